The van der Waals surface area contributed by atoms with Crippen molar-refractivity contribution in [2.75, 3.05) is 19.7 Å². The number of nitrogens with zero attached hydrogens (tertiary/aromatic N) is 1. The predicted molar refractivity (Wildman–Crippen MR) is 125 cm³/mol. The maximum atomic E-state index is 12.9. The fourth-order valence-corrected chi connectivity index (χ4v) is 5.66. The van der Waals surface area contributed by atoms with Gasteiger partial charge in [-0.15, -0.1) is 0 Å². The molecule has 0 spiro atoms. The first-order valence-corrected chi connectivity index (χ1v) is 13.0. The number of benzene rings is 2. The highest BCUT2D eigenvalue weighted by atomic mass is 32.2. The molecule has 0 bridgehead atoms. The van der Waals surface area contributed by atoms with Crippen LogP contribution in [0.25, 0.3) is 0 Å². The molecule has 2 aromatic carbocycles. The molecule has 0 aliphatic carbocycles. The summed E-state index contributed by atoms with van der Waals surface area (Å²) in [5, 5.41) is 4.16. The Morgan fingerprint density at radius 2 is 1.87 bits per heavy atom. The van der Waals surface area contributed by atoms with Gasteiger partial charge >= 0.3 is 0 Å². The van der Waals surface area contributed by atoms with Crippen LogP contribution in [0.4, 0.5) is 0 Å². The van der Waals surface area contributed by atoms with Crippen LogP contribution >= 0.6 is 11.3 Å². The molecular weight excluding hydrogens is 428 g/mol. The van der Waals surface area contributed by atoms with Gasteiger partial charge in [0.1, 0.15) is 5.75 Å². The summed E-state index contributed by atoms with van der Waals surface area (Å²) in [6, 6.07) is 17.2. The van der Waals surface area contributed by atoms with Gasteiger partial charge in [-0.1, -0.05) is 31.2 Å². The maximum absolute atomic E-state index is 12.9. The number of sulfonamides is 1. The van der Waals surface area contributed by atoms with Crippen molar-refractivity contribution in [3.63, 3.8) is 0 Å². The first kappa shape index (κ1) is 22.0. The third-order valence-corrected chi connectivity index (χ3v) is 7.74. The number of rotatable bonds is 9. The van der Waals surface area contributed by atoms with Crippen LogP contribution in [-0.4, -0.2) is 33.0 Å². The average molecular weight is 457 g/mol. The van der Waals surface area contributed by atoms with E-state index in [1.54, 1.807) is 35.6 Å². The van der Waals surface area contributed by atoms with Crippen LogP contribution < -0.4 is 9.46 Å². The van der Waals surface area contributed by atoms with E-state index in [1.165, 1.54) is 11.1 Å². The zero-order chi connectivity index (χ0) is 21.7. The molecule has 1 aromatic heterocycles. The number of thiophene rings is 1. The molecule has 0 radical (unpaired) electrons. The van der Waals surface area contributed by atoms with Crippen LogP contribution in [0.1, 0.15) is 36.1 Å². The van der Waals surface area contributed by atoms with Crippen molar-refractivity contribution in [2.24, 2.45) is 0 Å². The van der Waals surface area contributed by atoms with Crippen molar-refractivity contribution in [2.45, 2.75) is 37.2 Å². The van der Waals surface area contributed by atoms with Crippen molar-refractivity contribution in [3.8, 4) is 5.75 Å². The highest BCUT2D eigenvalue weighted by Gasteiger charge is 2.27. The zero-order valence-corrected chi connectivity index (χ0v) is 19.3. The van der Waals surface area contributed by atoms with Crippen molar-refractivity contribution in [3.05, 3.63) is 82.0 Å². The van der Waals surface area contributed by atoms with Gasteiger partial charge in [0.15, 0.2) is 0 Å². The monoisotopic (exact) mass is 456 g/mol. The molecule has 4 rings (SSSR count). The summed E-state index contributed by atoms with van der Waals surface area (Å²) < 4.78 is 34.3. The first-order valence-electron chi connectivity index (χ1n) is 10.6. The van der Waals surface area contributed by atoms with E-state index >= 15 is 0 Å². The molecule has 0 amide bonds. The van der Waals surface area contributed by atoms with Gasteiger partial charge in [-0.05, 0) is 70.6 Å². The second-order valence-electron chi connectivity index (χ2n) is 7.73. The van der Waals surface area contributed by atoms with Gasteiger partial charge in [0.05, 0.1) is 11.5 Å². The largest absolute Gasteiger partial charge is 0.494 e. The molecular formula is C24H28N2O3S2. The van der Waals surface area contributed by atoms with Crippen molar-refractivity contribution in [1.82, 2.24) is 9.62 Å². The molecule has 2 heterocycles. The fraction of sp³-hybridized carbons (Fsp3) is 0.333. The Labute approximate surface area is 188 Å². The number of fused-ring (bicyclic) bond motifs is 1. The minimum Gasteiger partial charge on any atom is -0.494 e. The van der Waals surface area contributed by atoms with Crippen LogP contribution in [0, 0.1) is 0 Å². The van der Waals surface area contributed by atoms with Crippen LogP contribution in [0.3, 0.4) is 0 Å². The molecule has 164 valence electrons. The van der Waals surface area contributed by atoms with Crippen LogP contribution in [-0.2, 0) is 23.0 Å². The molecule has 3 aromatic rings. The Hall–Kier alpha value is -2.19. The van der Waals surface area contributed by atoms with E-state index in [9.17, 15) is 8.42 Å². The molecule has 1 aliphatic rings. The standard InChI is InChI=1S/C24H28N2O3S2/c1-2-14-29-22-7-9-23(10-8-22)31(27,28)25-16-24(21-12-15-30-18-21)26-13-11-19-5-3-4-6-20(19)17-26/h3-10,12,15,18,24-25H,2,11,13-14,16-17H2,1H3. The lowest BCUT2D eigenvalue weighted by Crippen LogP contribution is -2.40. The molecule has 1 atom stereocenters. The van der Waals surface area contributed by atoms with Gasteiger partial charge in [-0.2, -0.15) is 11.3 Å². The molecule has 31 heavy (non-hydrogen) atoms. The second-order valence-corrected chi connectivity index (χ2v) is 10.3. The van der Waals surface area contributed by atoms with E-state index in [4.69, 9.17) is 4.74 Å². The SMILES string of the molecule is CCCOc1ccc(S(=O)(=O)NCC(c2ccsc2)N2CCc3ccccc3C2)cc1. The third-order valence-electron chi connectivity index (χ3n) is 5.60. The third kappa shape index (κ3) is 5.36. The molecule has 0 fully saturated rings. The fourth-order valence-electron chi connectivity index (χ4n) is 3.91. The number of ether oxygens (including phenoxy) is 1. The van der Waals surface area contributed by atoms with Crippen molar-refractivity contribution < 1.29 is 13.2 Å². The highest BCUT2D eigenvalue weighted by Crippen LogP contribution is 2.29. The van der Waals surface area contributed by atoms with Crippen molar-refractivity contribution >= 4 is 21.4 Å². The minimum absolute atomic E-state index is 0.0125. The molecule has 5 nitrogen and oxygen atoms in total. The van der Waals surface area contributed by atoms with E-state index in [-0.39, 0.29) is 10.9 Å². The topological polar surface area (TPSA) is 58.6 Å². The van der Waals surface area contributed by atoms with E-state index in [0.717, 1.165) is 31.5 Å². The number of hydrogen-bond acceptors (Lipinski definition) is 5. The Bertz CT molecular complexity index is 1080. The Morgan fingerprint density at radius 1 is 1.10 bits per heavy atom. The smallest absolute Gasteiger partial charge is 0.240 e. The van der Waals surface area contributed by atoms with Gasteiger partial charge in [0, 0.05) is 25.7 Å². The summed E-state index contributed by atoms with van der Waals surface area (Å²) in [6.07, 6.45) is 1.88. The summed E-state index contributed by atoms with van der Waals surface area (Å²) in [6.45, 7) is 4.71. The average Bonchev–Trinajstić information content (AvgIpc) is 3.32. The molecule has 1 N–H and O–H groups in total. The number of hydrogen-bond donors (Lipinski definition) is 1. The lowest BCUT2D eigenvalue weighted by molar-refractivity contribution is 0.181. The quantitative estimate of drug-likeness (QED) is 0.511. The predicted octanol–water partition coefficient (Wildman–Crippen LogP) is 4.61. The number of nitrogens with one attached hydrogen (secondary N) is 1. The van der Waals surface area contributed by atoms with Gasteiger partial charge in [0.25, 0.3) is 0 Å². The Kier molecular flexibility index (Phi) is 7.07. The molecule has 1 unspecified atom stereocenters. The van der Waals surface area contributed by atoms with Crippen LogP contribution in [0.2, 0.25) is 0 Å². The summed E-state index contributed by atoms with van der Waals surface area (Å²) in [7, 11) is -3.61. The van der Waals surface area contributed by atoms with Gasteiger partial charge < -0.3 is 4.74 Å². The van der Waals surface area contributed by atoms with E-state index < -0.39 is 10.0 Å². The summed E-state index contributed by atoms with van der Waals surface area (Å²) in [4.78, 5) is 2.62. The molecule has 1 aliphatic heterocycles. The molecule has 0 saturated carbocycles. The van der Waals surface area contributed by atoms with Gasteiger partial charge in [-0.25, -0.2) is 13.1 Å². The lowest BCUT2D eigenvalue weighted by Gasteiger charge is -2.35. The zero-order valence-electron chi connectivity index (χ0n) is 17.7. The van der Waals surface area contributed by atoms with Crippen molar-refractivity contribution in [1.29, 1.82) is 0 Å². The maximum Gasteiger partial charge on any atom is 0.240 e. The van der Waals surface area contributed by atoms with Gasteiger partial charge in [-0.3, -0.25) is 4.90 Å². The normalized spacial score (nSPS) is 15.4. The second kappa shape index (κ2) is 9.96. The molecule has 7 heteroatoms. The minimum atomic E-state index is -3.61. The van der Waals surface area contributed by atoms with E-state index in [0.29, 0.717) is 18.9 Å². The summed E-state index contributed by atoms with van der Waals surface area (Å²) >= 11 is 1.64. The van der Waals surface area contributed by atoms with E-state index in [2.05, 4.69) is 45.3 Å². The first-order chi connectivity index (χ1) is 15.1. The Balaban J connectivity index is 1.48. The Morgan fingerprint density at radius 3 is 2.58 bits per heavy atom. The van der Waals surface area contributed by atoms with Gasteiger partial charge in [0.2, 0.25) is 10.0 Å². The van der Waals surface area contributed by atoms with E-state index in [1.807, 2.05) is 12.3 Å². The lowest BCUT2D eigenvalue weighted by atomic mass is 9.97. The summed E-state index contributed by atoms with van der Waals surface area (Å²) in [5.74, 6) is 0.684. The molecule has 0 saturated heterocycles. The highest BCUT2D eigenvalue weighted by molar-refractivity contribution is 7.89. The van der Waals surface area contributed by atoms with Crippen LogP contribution in [0.5, 0.6) is 5.75 Å². The van der Waals surface area contributed by atoms with Crippen LogP contribution in [0.15, 0.2) is 70.3 Å². The summed E-state index contributed by atoms with van der Waals surface area (Å²) in [5.41, 5.74) is 3.85.